The summed E-state index contributed by atoms with van der Waals surface area (Å²) in [5.74, 6) is -0.663. The van der Waals surface area contributed by atoms with Gasteiger partial charge in [0.15, 0.2) is 5.58 Å². The Kier molecular flexibility index (Phi) is 9.27. The lowest BCUT2D eigenvalue weighted by atomic mass is 9.89. The molecule has 2 fully saturated rings. The number of fused-ring (bicyclic) bond motifs is 2. The van der Waals surface area contributed by atoms with Crippen LogP contribution in [0.4, 0.5) is 14.5 Å². The number of carboxylic acids is 1. The summed E-state index contributed by atoms with van der Waals surface area (Å²) in [6.45, 7) is 4.71. The maximum atomic E-state index is 13.5. The number of benzene rings is 4. The number of hydrogen-bond acceptors (Lipinski definition) is 8. The predicted molar refractivity (Wildman–Crippen MR) is 198 cm³/mol. The summed E-state index contributed by atoms with van der Waals surface area (Å²) in [4.78, 5) is 25.8. The fourth-order valence-electron chi connectivity index (χ4n) is 8.25. The minimum atomic E-state index is -3.06. The average Bonchev–Trinajstić information content (AvgIpc) is 3.96. The second-order valence-corrected chi connectivity index (χ2v) is 14.2. The van der Waals surface area contributed by atoms with Crippen molar-refractivity contribution in [3.8, 4) is 34.4 Å². The smallest absolute Gasteiger partial charge is 0.387 e. The fraction of sp³-hybridized carbons (Fsp3) is 0.333. The van der Waals surface area contributed by atoms with Crippen molar-refractivity contribution in [2.75, 3.05) is 19.6 Å². The Labute approximate surface area is 306 Å². The molecular weight excluding hydrogens is 676 g/mol. The molecule has 3 aliphatic heterocycles. The van der Waals surface area contributed by atoms with Gasteiger partial charge in [-0.3, -0.25) is 19.6 Å². The molecule has 0 bridgehead atoms. The number of halogens is 2. The molecule has 1 N–H and O–H groups in total. The normalized spacial score (nSPS) is 17.4. The topological polar surface area (TPSA) is 115 Å². The van der Waals surface area contributed by atoms with Crippen molar-refractivity contribution in [3.63, 3.8) is 0 Å². The molecule has 0 aliphatic carbocycles. The van der Waals surface area contributed by atoms with E-state index in [9.17, 15) is 23.9 Å². The van der Waals surface area contributed by atoms with Gasteiger partial charge >= 0.3 is 12.6 Å². The number of rotatable bonds is 10. The van der Waals surface area contributed by atoms with E-state index in [0.29, 0.717) is 48.3 Å². The first kappa shape index (κ1) is 34.6. The first-order valence-corrected chi connectivity index (χ1v) is 18.1. The SMILES string of the molecule is Cc1c(C2=Nc3cc(CN4CCCC4)cc(C#N)c3C2)cccc1-c1cccc(-c2nc3cc(CN4CCC[C@H]4C(=O)O)c(OC(F)F)cc3o2)c1C. The first-order valence-electron chi connectivity index (χ1n) is 18.1. The Hall–Kier alpha value is -5.44. The van der Waals surface area contributed by atoms with Gasteiger partial charge in [-0.2, -0.15) is 14.0 Å². The third kappa shape index (κ3) is 6.69. The minimum absolute atomic E-state index is 0.0640. The number of aromatic nitrogens is 1. The molecular formula is C42H39F2N5O4. The van der Waals surface area contributed by atoms with Gasteiger partial charge < -0.3 is 14.3 Å². The Bertz CT molecular complexity index is 2320. The predicted octanol–water partition coefficient (Wildman–Crippen LogP) is 8.57. The van der Waals surface area contributed by atoms with Crippen molar-refractivity contribution in [3.05, 3.63) is 99.6 Å². The van der Waals surface area contributed by atoms with E-state index in [1.807, 2.05) is 31.2 Å². The molecule has 0 amide bonds. The van der Waals surface area contributed by atoms with Crippen LogP contribution in [0, 0.1) is 25.2 Å². The second kappa shape index (κ2) is 14.2. The third-order valence-electron chi connectivity index (χ3n) is 10.9. The molecule has 1 atom stereocenters. The zero-order valence-corrected chi connectivity index (χ0v) is 29.7. The van der Waals surface area contributed by atoms with Crippen molar-refractivity contribution in [1.29, 1.82) is 5.26 Å². The summed E-state index contributed by atoms with van der Waals surface area (Å²) in [6, 6.07) is 21.1. The lowest BCUT2D eigenvalue weighted by Crippen LogP contribution is -2.35. The van der Waals surface area contributed by atoms with Crippen LogP contribution < -0.4 is 4.74 Å². The van der Waals surface area contributed by atoms with Crippen molar-refractivity contribution in [1.82, 2.24) is 14.8 Å². The number of nitrogens with zero attached hydrogens (tertiary/aromatic N) is 5. The van der Waals surface area contributed by atoms with Crippen LogP contribution in [0.5, 0.6) is 5.75 Å². The highest BCUT2D eigenvalue weighted by Gasteiger charge is 2.32. The monoisotopic (exact) mass is 715 g/mol. The van der Waals surface area contributed by atoms with Crippen molar-refractivity contribution in [2.45, 2.75) is 71.7 Å². The van der Waals surface area contributed by atoms with E-state index >= 15 is 0 Å². The molecule has 8 rings (SSSR count). The molecule has 3 aliphatic rings. The molecule has 270 valence electrons. The van der Waals surface area contributed by atoms with E-state index in [0.717, 1.165) is 75.5 Å². The summed E-state index contributed by atoms with van der Waals surface area (Å²) in [5.41, 5.74) is 11.5. The maximum Gasteiger partial charge on any atom is 0.387 e. The second-order valence-electron chi connectivity index (χ2n) is 14.2. The lowest BCUT2D eigenvalue weighted by Gasteiger charge is -2.22. The molecule has 0 radical (unpaired) electrons. The molecule has 2 saturated heterocycles. The number of alkyl halides is 2. The van der Waals surface area contributed by atoms with E-state index in [2.05, 4.69) is 42.2 Å². The maximum absolute atomic E-state index is 13.5. The molecule has 11 heteroatoms. The van der Waals surface area contributed by atoms with Gasteiger partial charge in [-0.15, -0.1) is 0 Å². The quantitative estimate of drug-likeness (QED) is 0.153. The van der Waals surface area contributed by atoms with Gasteiger partial charge in [0.25, 0.3) is 0 Å². The Morgan fingerprint density at radius 1 is 0.981 bits per heavy atom. The summed E-state index contributed by atoms with van der Waals surface area (Å²) in [5, 5.41) is 19.7. The summed E-state index contributed by atoms with van der Waals surface area (Å²) in [7, 11) is 0. The molecule has 4 aromatic carbocycles. The zero-order chi connectivity index (χ0) is 36.8. The van der Waals surface area contributed by atoms with Gasteiger partial charge in [-0.1, -0.05) is 30.3 Å². The van der Waals surface area contributed by atoms with Crippen molar-refractivity contribution in [2.24, 2.45) is 4.99 Å². The number of aliphatic carboxylic acids is 1. The van der Waals surface area contributed by atoms with E-state index in [4.69, 9.17) is 19.1 Å². The van der Waals surface area contributed by atoms with Crippen LogP contribution in [0.15, 0.2) is 70.1 Å². The number of aliphatic imine (C=N–C) groups is 1. The molecule has 53 heavy (non-hydrogen) atoms. The summed E-state index contributed by atoms with van der Waals surface area (Å²) >= 11 is 0. The van der Waals surface area contributed by atoms with Crippen LogP contribution in [0.2, 0.25) is 0 Å². The third-order valence-corrected chi connectivity index (χ3v) is 10.9. The highest BCUT2D eigenvalue weighted by atomic mass is 19.3. The van der Waals surface area contributed by atoms with E-state index in [1.54, 1.807) is 11.0 Å². The van der Waals surface area contributed by atoms with Crippen LogP contribution in [-0.4, -0.2) is 63.9 Å². The molecule has 0 saturated carbocycles. The number of carboxylic acid groups (broad SMARTS) is 1. The molecule has 0 spiro atoms. The Morgan fingerprint density at radius 3 is 2.42 bits per heavy atom. The van der Waals surface area contributed by atoms with Gasteiger partial charge in [0.2, 0.25) is 5.89 Å². The van der Waals surface area contributed by atoms with Gasteiger partial charge in [-0.05, 0) is 117 Å². The van der Waals surface area contributed by atoms with Crippen LogP contribution in [-0.2, 0) is 24.3 Å². The fourth-order valence-corrected chi connectivity index (χ4v) is 8.25. The van der Waals surface area contributed by atoms with Crippen molar-refractivity contribution >= 4 is 28.5 Å². The highest BCUT2D eigenvalue weighted by molar-refractivity contribution is 6.09. The number of oxazole rings is 1. The van der Waals surface area contributed by atoms with Gasteiger partial charge in [0.1, 0.15) is 17.3 Å². The molecule has 5 aromatic rings. The first-order chi connectivity index (χ1) is 25.7. The Balaban J connectivity index is 1.11. The number of ether oxygens (including phenoxy) is 1. The Morgan fingerprint density at radius 2 is 1.70 bits per heavy atom. The zero-order valence-electron chi connectivity index (χ0n) is 29.7. The average molecular weight is 716 g/mol. The highest BCUT2D eigenvalue weighted by Crippen LogP contribution is 2.39. The largest absolute Gasteiger partial charge is 0.480 e. The van der Waals surface area contributed by atoms with E-state index in [1.165, 1.54) is 18.9 Å². The number of nitriles is 1. The minimum Gasteiger partial charge on any atom is -0.480 e. The molecule has 9 nitrogen and oxygen atoms in total. The standard InChI is InChI=1S/C42H39F2N5O4/c1-24-29(8-5-10-31(24)35-19-33-27(21-45)16-26(17-34(33)46-35)22-48-13-3-4-14-48)30-9-6-11-32(25(30)2)40-47-36-18-28(23-49-15-7-12-37(49)41(50)51)38(53-42(43)44)20-39(36)52-40/h5-6,8-11,16-18,20,37,42H,3-4,7,12-15,19,22-23H2,1-2H3,(H,50,51)/t37-/m0/s1. The summed E-state index contributed by atoms with van der Waals surface area (Å²) in [6.07, 6.45) is 4.21. The number of carbonyl (C=O) groups is 1. The van der Waals surface area contributed by atoms with Gasteiger partial charge in [0, 0.05) is 42.3 Å². The number of hydrogen-bond donors (Lipinski definition) is 1. The van der Waals surface area contributed by atoms with Crippen LogP contribution in [0.25, 0.3) is 33.7 Å². The lowest BCUT2D eigenvalue weighted by molar-refractivity contribution is -0.142. The van der Waals surface area contributed by atoms with Gasteiger partial charge in [-0.25, -0.2) is 4.98 Å². The molecule has 4 heterocycles. The van der Waals surface area contributed by atoms with Gasteiger partial charge in [0.05, 0.1) is 23.0 Å². The van der Waals surface area contributed by atoms with Crippen LogP contribution in [0.1, 0.15) is 64.6 Å². The molecule has 1 aromatic heterocycles. The number of likely N-dealkylation sites (tertiary alicyclic amines) is 2. The summed E-state index contributed by atoms with van der Waals surface area (Å²) < 4.78 is 38.1. The molecule has 0 unspecified atom stereocenters. The van der Waals surface area contributed by atoms with Crippen molar-refractivity contribution < 1.29 is 27.8 Å². The van der Waals surface area contributed by atoms with Crippen LogP contribution in [0.3, 0.4) is 0 Å². The van der Waals surface area contributed by atoms with E-state index < -0.39 is 18.6 Å². The van der Waals surface area contributed by atoms with E-state index in [-0.39, 0.29) is 17.9 Å². The van der Waals surface area contributed by atoms with Crippen LogP contribution >= 0.6 is 0 Å².